The fourth-order valence-electron chi connectivity index (χ4n) is 1.47. The molecule has 92 valence electrons. The minimum absolute atomic E-state index is 0.587. The van der Waals surface area contributed by atoms with Gasteiger partial charge in [-0.25, -0.2) is 0 Å². The normalized spacial score (nSPS) is 12.9. The van der Waals surface area contributed by atoms with Gasteiger partial charge in [0.15, 0.2) is 0 Å². The molecule has 0 aliphatic heterocycles. The highest BCUT2D eigenvalue weighted by Crippen LogP contribution is 2.05. The van der Waals surface area contributed by atoms with Crippen LogP contribution in [0.25, 0.3) is 0 Å². The Morgan fingerprint density at radius 2 is 2.31 bits per heavy atom. The van der Waals surface area contributed by atoms with E-state index in [0.717, 1.165) is 13.1 Å². The largest absolute Gasteiger partial charge is 0.310 e. The van der Waals surface area contributed by atoms with Gasteiger partial charge < -0.3 is 5.32 Å². The fraction of sp³-hybridized carbons (Fsp3) is 0.750. The van der Waals surface area contributed by atoms with Gasteiger partial charge in [0, 0.05) is 30.9 Å². The summed E-state index contributed by atoms with van der Waals surface area (Å²) in [5.74, 6) is 2.47. The Kier molecular flexibility index (Phi) is 6.57. The fourth-order valence-corrected chi connectivity index (χ4v) is 2.28. The zero-order chi connectivity index (χ0) is 11.8. The molecule has 1 rings (SSSR count). The quantitative estimate of drug-likeness (QED) is 0.709. The van der Waals surface area contributed by atoms with Gasteiger partial charge in [0.2, 0.25) is 0 Å². The van der Waals surface area contributed by atoms with E-state index in [2.05, 4.69) is 37.4 Å². The molecule has 0 aliphatic rings. The molecule has 1 aromatic heterocycles. The van der Waals surface area contributed by atoms with Gasteiger partial charge in [-0.2, -0.15) is 16.9 Å². The Hall–Kier alpha value is -0.480. The Morgan fingerprint density at radius 1 is 1.50 bits per heavy atom. The third kappa shape index (κ3) is 5.03. The first-order valence-electron chi connectivity index (χ1n) is 6.08. The Morgan fingerprint density at radius 3 is 2.94 bits per heavy atom. The predicted octanol–water partition coefficient (Wildman–Crippen LogP) is 2.52. The maximum absolute atomic E-state index is 4.26. The number of aryl methyl sites for hydroxylation is 1. The van der Waals surface area contributed by atoms with Gasteiger partial charge in [0.05, 0.1) is 6.20 Å². The molecule has 0 aromatic carbocycles. The molecule has 1 aromatic rings. The van der Waals surface area contributed by atoms with E-state index >= 15 is 0 Å². The van der Waals surface area contributed by atoms with Crippen LogP contribution < -0.4 is 5.32 Å². The molecule has 0 bridgehead atoms. The van der Waals surface area contributed by atoms with Crippen molar-refractivity contribution in [3.63, 3.8) is 0 Å². The molecule has 0 saturated heterocycles. The van der Waals surface area contributed by atoms with E-state index < -0.39 is 0 Å². The van der Waals surface area contributed by atoms with Gasteiger partial charge in [-0.1, -0.05) is 6.92 Å². The van der Waals surface area contributed by atoms with Crippen molar-refractivity contribution in [2.75, 3.05) is 11.5 Å². The van der Waals surface area contributed by atoms with Crippen LogP contribution in [0.15, 0.2) is 12.4 Å². The second-order valence-electron chi connectivity index (χ2n) is 3.97. The van der Waals surface area contributed by atoms with E-state index in [9.17, 15) is 0 Å². The molecule has 0 spiro atoms. The SMILES string of the molecule is CCSCCC(C)NCc1cnn(CC)c1. The molecule has 16 heavy (non-hydrogen) atoms. The lowest BCUT2D eigenvalue weighted by Crippen LogP contribution is -2.25. The van der Waals surface area contributed by atoms with E-state index in [-0.39, 0.29) is 0 Å². The third-order valence-corrected chi connectivity index (χ3v) is 3.50. The van der Waals surface area contributed by atoms with Crippen molar-refractivity contribution in [2.24, 2.45) is 0 Å². The van der Waals surface area contributed by atoms with Crippen molar-refractivity contribution in [1.82, 2.24) is 15.1 Å². The minimum Gasteiger partial charge on any atom is -0.310 e. The molecule has 4 heteroatoms. The van der Waals surface area contributed by atoms with Crippen molar-refractivity contribution in [3.05, 3.63) is 18.0 Å². The van der Waals surface area contributed by atoms with Crippen LogP contribution in [0.1, 0.15) is 32.8 Å². The minimum atomic E-state index is 0.587. The number of nitrogens with zero attached hydrogens (tertiary/aromatic N) is 2. The van der Waals surface area contributed by atoms with E-state index in [0.29, 0.717) is 6.04 Å². The van der Waals surface area contributed by atoms with Crippen LogP contribution in [0.5, 0.6) is 0 Å². The standard InChI is InChI=1S/C12H23N3S/c1-4-15-10-12(9-14-15)8-13-11(3)6-7-16-5-2/h9-11,13H,4-8H2,1-3H3. The summed E-state index contributed by atoms with van der Waals surface area (Å²) in [5, 5.41) is 7.79. The molecule has 1 heterocycles. The van der Waals surface area contributed by atoms with Gasteiger partial charge >= 0.3 is 0 Å². The Bertz CT molecular complexity index is 286. The highest BCUT2D eigenvalue weighted by atomic mass is 32.2. The second kappa shape index (κ2) is 7.74. The molecular weight excluding hydrogens is 218 g/mol. The molecule has 0 aliphatic carbocycles. The van der Waals surface area contributed by atoms with Crippen LogP contribution in [0.3, 0.4) is 0 Å². The summed E-state index contributed by atoms with van der Waals surface area (Å²) in [6, 6.07) is 0.587. The number of hydrogen-bond donors (Lipinski definition) is 1. The molecule has 0 radical (unpaired) electrons. The average Bonchev–Trinajstić information content (AvgIpc) is 2.74. The monoisotopic (exact) mass is 241 g/mol. The van der Waals surface area contributed by atoms with Crippen LogP contribution >= 0.6 is 11.8 Å². The molecule has 0 amide bonds. The molecule has 0 saturated carbocycles. The molecular formula is C12H23N3S. The summed E-state index contributed by atoms with van der Waals surface area (Å²) >= 11 is 2.01. The maximum atomic E-state index is 4.26. The van der Waals surface area contributed by atoms with Crippen molar-refractivity contribution in [3.8, 4) is 0 Å². The van der Waals surface area contributed by atoms with E-state index in [1.165, 1.54) is 23.5 Å². The maximum Gasteiger partial charge on any atom is 0.0534 e. The first-order chi connectivity index (χ1) is 7.76. The zero-order valence-electron chi connectivity index (χ0n) is 10.6. The summed E-state index contributed by atoms with van der Waals surface area (Å²) in [6.07, 6.45) is 5.30. The van der Waals surface area contributed by atoms with Gasteiger partial charge in [-0.3, -0.25) is 4.68 Å². The van der Waals surface area contributed by atoms with Crippen molar-refractivity contribution in [1.29, 1.82) is 0 Å². The predicted molar refractivity (Wildman–Crippen MR) is 71.8 cm³/mol. The van der Waals surface area contributed by atoms with Crippen molar-refractivity contribution < 1.29 is 0 Å². The van der Waals surface area contributed by atoms with Gasteiger partial charge in [-0.05, 0) is 31.8 Å². The number of thioether (sulfide) groups is 1. The van der Waals surface area contributed by atoms with E-state index in [4.69, 9.17) is 0 Å². The second-order valence-corrected chi connectivity index (χ2v) is 5.37. The van der Waals surface area contributed by atoms with Crippen LogP contribution in [0.2, 0.25) is 0 Å². The summed E-state index contributed by atoms with van der Waals surface area (Å²) in [7, 11) is 0. The number of rotatable bonds is 8. The average molecular weight is 241 g/mol. The molecule has 0 fully saturated rings. The summed E-state index contributed by atoms with van der Waals surface area (Å²) in [4.78, 5) is 0. The highest BCUT2D eigenvalue weighted by molar-refractivity contribution is 7.99. The highest BCUT2D eigenvalue weighted by Gasteiger charge is 2.02. The summed E-state index contributed by atoms with van der Waals surface area (Å²) in [5.41, 5.74) is 1.27. The molecule has 1 N–H and O–H groups in total. The lowest BCUT2D eigenvalue weighted by atomic mass is 10.2. The molecule has 1 unspecified atom stereocenters. The van der Waals surface area contributed by atoms with E-state index in [1.807, 2.05) is 22.6 Å². The molecule has 1 atom stereocenters. The lowest BCUT2D eigenvalue weighted by Gasteiger charge is -2.12. The summed E-state index contributed by atoms with van der Waals surface area (Å²) < 4.78 is 1.97. The number of nitrogens with one attached hydrogen (secondary N) is 1. The summed E-state index contributed by atoms with van der Waals surface area (Å²) in [6.45, 7) is 8.44. The first-order valence-corrected chi connectivity index (χ1v) is 7.24. The van der Waals surface area contributed by atoms with Gasteiger partial charge in [-0.15, -0.1) is 0 Å². The number of hydrogen-bond acceptors (Lipinski definition) is 3. The Balaban J connectivity index is 2.18. The molecule has 3 nitrogen and oxygen atoms in total. The van der Waals surface area contributed by atoms with Crippen molar-refractivity contribution >= 4 is 11.8 Å². The van der Waals surface area contributed by atoms with Gasteiger partial charge in [0.1, 0.15) is 0 Å². The van der Waals surface area contributed by atoms with Crippen LogP contribution in [-0.4, -0.2) is 27.3 Å². The third-order valence-electron chi connectivity index (χ3n) is 2.56. The van der Waals surface area contributed by atoms with Crippen LogP contribution in [0.4, 0.5) is 0 Å². The lowest BCUT2D eigenvalue weighted by molar-refractivity contribution is 0.537. The first kappa shape index (κ1) is 13.6. The van der Waals surface area contributed by atoms with Crippen molar-refractivity contribution in [2.45, 2.75) is 46.3 Å². The van der Waals surface area contributed by atoms with Crippen LogP contribution in [-0.2, 0) is 13.1 Å². The van der Waals surface area contributed by atoms with Gasteiger partial charge in [0.25, 0.3) is 0 Å². The van der Waals surface area contributed by atoms with Crippen LogP contribution in [0, 0.1) is 0 Å². The topological polar surface area (TPSA) is 29.9 Å². The Labute approximate surface area is 103 Å². The number of aromatic nitrogens is 2. The smallest absolute Gasteiger partial charge is 0.0534 e. The van der Waals surface area contributed by atoms with E-state index in [1.54, 1.807) is 0 Å². The zero-order valence-corrected chi connectivity index (χ0v) is 11.4.